The number of thiazole rings is 1. The highest BCUT2D eigenvalue weighted by atomic mass is 32.1. The molecule has 1 aliphatic heterocycles. The first kappa shape index (κ1) is 13.1. The Labute approximate surface area is 120 Å². The van der Waals surface area contributed by atoms with Crippen molar-refractivity contribution >= 4 is 28.1 Å². The topological polar surface area (TPSA) is 66.7 Å². The fraction of sp³-hybridized carbons (Fsp3) is 0.462. The van der Waals surface area contributed by atoms with Gasteiger partial charge in [-0.1, -0.05) is 13.3 Å². The number of hydrogen-bond donors (Lipinski definition) is 1. The minimum atomic E-state index is -0.384. The number of nitrogens with one attached hydrogen (secondary N) is 1. The molecule has 2 aromatic heterocycles. The van der Waals surface area contributed by atoms with Crippen LogP contribution in [0, 0.1) is 0 Å². The maximum atomic E-state index is 12.3. The molecule has 0 aliphatic carbocycles. The van der Waals surface area contributed by atoms with Crippen LogP contribution < -0.4 is 5.32 Å². The van der Waals surface area contributed by atoms with Crippen molar-refractivity contribution in [1.82, 2.24) is 19.6 Å². The molecular formula is C13H16N4O2S. The third kappa shape index (κ3) is 2.40. The number of carbonyl (C=O) groups is 2. The number of carbonyl (C=O) groups excluding carboxylic acids is 2. The summed E-state index contributed by atoms with van der Waals surface area (Å²) < 4.78 is 1.93. The van der Waals surface area contributed by atoms with Crippen LogP contribution in [0.25, 0.3) is 4.96 Å². The van der Waals surface area contributed by atoms with E-state index < -0.39 is 0 Å². The number of hydrogen-bond acceptors (Lipinski definition) is 4. The zero-order chi connectivity index (χ0) is 14.1. The van der Waals surface area contributed by atoms with Gasteiger partial charge >= 0.3 is 0 Å². The standard InChI is InChI=1S/C13H16N4O2S/c1-2-3-10-12(19)17(8-11(18)15-10)7-9-6-16-4-5-20-13(16)14-9/h4-6,10H,2-3,7-8H2,1H3,(H,15,18). The van der Waals surface area contributed by atoms with Gasteiger partial charge in [0.2, 0.25) is 11.8 Å². The predicted octanol–water partition coefficient (Wildman–Crippen LogP) is 1.02. The summed E-state index contributed by atoms with van der Waals surface area (Å²) in [6, 6.07) is -0.384. The molecule has 106 valence electrons. The lowest BCUT2D eigenvalue weighted by atomic mass is 10.1. The number of rotatable bonds is 4. The van der Waals surface area contributed by atoms with Crippen LogP contribution >= 0.6 is 11.3 Å². The normalized spacial score (nSPS) is 19.6. The fourth-order valence-corrected chi connectivity index (χ4v) is 3.16. The molecule has 1 unspecified atom stereocenters. The zero-order valence-corrected chi connectivity index (χ0v) is 12.0. The average Bonchev–Trinajstić information content (AvgIpc) is 2.96. The Bertz CT molecular complexity index is 619. The van der Waals surface area contributed by atoms with E-state index >= 15 is 0 Å². The molecule has 1 atom stereocenters. The van der Waals surface area contributed by atoms with Gasteiger partial charge in [0, 0.05) is 17.8 Å². The van der Waals surface area contributed by atoms with E-state index in [1.54, 1.807) is 16.2 Å². The monoisotopic (exact) mass is 292 g/mol. The second kappa shape index (κ2) is 5.24. The molecule has 6 nitrogen and oxygen atoms in total. The van der Waals surface area contributed by atoms with Crippen LogP contribution in [0.4, 0.5) is 0 Å². The lowest BCUT2D eigenvalue weighted by Gasteiger charge is -2.31. The predicted molar refractivity (Wildman–Crippen MR) is 75.3 cm³/mol. The van der Waals surface area contributed by atoms with E-state index in [9.17, 15) is 9.59 Å². The SMILES string of the molecule is CCCC1NC(=O)CN(Cc2cn3ccsc3n2)C1=O. The summed E-state index contributed by atoms with van der Waals surface area (Å²) in [6.45, 7) is 2.51. The Hall–Kier alpha value is -1.89. The summed E-state index contributed by atoms with van der Waals surface area (Å²) in [5.74, 6) is -0.105. The average molecular weight is 292 g/mol. The van der Waals surface area contributed by atoms with Crippen molar-refractivity contribution < 1.29 is 9.59 Å². The minimum Gasteiger partial charge on any atom is -0.343 e. The first-order valence-corrected chi connectivity index (χ1v) is 7.54. The minimum absolute atomic E-state index is 0.0113. The van der Waals surface area contributed by atoms with E-state index in [1.807, 2.05) is 29.1 Å². The lowest BCUT2D eigenvalue weighted by molar-refractivity contribution is -0.145. The van der Waals surface area contributed by atoms with Crippen molar-refractivity contribution in [3.05, 3.63) is 23.5 Å². The van der Waals surface area contributed by atoms with Crippen LogP contribution in [-0.4, -0.2) is 38.7 Å². The summed E-state index contributed by atoms with van der Waals surface area (Å²) in [4.78, 5) is 30.9. The molecule has 1 aliphatic rings. The molecule has 0 spiro atoms. The largest absolute Gasteiger partial charge is 0.343 e. The van der Waals surface area contributed by atoms with Crippen LogP contribution in [0.2, 0.25) is 0 Å². The molecular weight excluding hydrogens is 276 g/mol. The molecule has 1 fully saturated rings. The molecule has 1 N–H and O–H groups in total. The maximum absolute atomic E-state index is 12.3. The number of fused-ring (bicyclic) bond motifs is 1. The Kier molecular flexibility index (Phi) is 3.43. The second-order valence-corrected chi connectivity index (χ2v) is 5.80. The maximum Gasteiger partial charge on any atom is 0.245 e. The molecule has 0 aromatic carbocycles. The molecule has 3 rings (SSSR count). The summed E-state index contributed by atoms with van der Waals surface area (Å²) >= 11 is 1.55. The molecule has 2 aromatic rings. The van der Waals surface area contributed by atoms with Crippen LogP contribution in [0.5, 0.6) is 0 Å². The van der Waals surface area contributed by atoms with Gasteiger partial charge in [-0.3, -0.25) is 14.0 Å². The van der Waals surface area contributed by atoms with Crippen LogP contribution in [0.1, 0.15) is 25.5 Å². The van der Waals surface area contributed by atoms with Gasteiger partial charge in [-0.2, -0.15) is 0 Å². The van der Waals surface area contributed by atoms with E-state index in [1.165, 1.54) is 0 Å². The summed E-state index contributed by atoms with van der Waals surface area (Å²) in [6.07, 6.45) is 5.38. The smallest absolute Gasteiger partial charge is 0.245 e. The highest BCUT2D eigenvalue weighted by Gasteiger charge is 2.32. The van der Waals surface area contributed by atoms with Crippen LogP contribution in [-0.2, 0) is 16.1 Å². The van der Waals surface area contributed by atoms with Crippen molar-refractivity contribution in [3.63, 3.8) is 0 Å². The quantitative estimate of drug-likeness (QED) is 0.915. The second-order valence-electron chi connectivity index (χ2n) is 4.93. The van der Waals surface area contributed by atoms with Crippen molar-refractivity contribution in [2.24, 2.45) is 0 Å². The number of piperazine rings is 1. The molecule has 7 heteroatoms. The molecule has 0 saturated carbocycles. The van der Waals surface area contributed by atoms with Crippen LogP contribution in [0.15, 0.2) is 17.8 Å². The summed E-state index contributed by atoms with van der Waals surface area (Å²) in [5.41, 5.74) is 0.815. The fourth-order valence-electron chi connectivity index (χ4n) is 2.44. The van der Waals surface area contributed by atoms with Gasteiger partial charge in [0.15, 0.2) is 4.96 Å². The number of nitrogens with zero attached hydrogens (tertiary/aromatic N) is 3. The van der Waals surface area contributed by atoms with E-state index in [-0.39, 0.29) is 24.4 Å². The van der Waals surface area contributed by atoms with Gasteiger partial charge in [0.05, 0.1) is 12.2 Å². The molecule has 0 bridgehead atoms. The van der Waals surface area contributed by atoms with Gasteiger partial charge in [-0.05, 0) is 6.42 Å². The summed E-state index contributed by atoms with van der Waals surface area (Å²) in [5, 5.41) is 4.71. The number of aromatic nitrogens is 2. The van der Waals surface area contributed by atoms with E-state index in [2.05, 4.69) is 10.3 Å². The third-order valence-corrected chi connectivity index (χ3v) is 4.12. The lowest BCUT2D eigenvalue weighted by Crippen LogP contribution is -2.57. The van der Waals surface area contributed by atoms with Crippen molar-refractivity contribution in [2.75, 3.05) is 6.54 Å². The van der Waals surface area contributed by atoms with Gasteiger partial charge in [-0.15, -0.1) is 11.3 Å². The zero-order valence-electron chi connectivity index (χ0n) is 11.2. The van der Waals surface area contributed by atoms with Crippen LogP contribution in [0.3, 0.4) is 0 Å². The Morgan fingerprint density at radius 1 is 1.50 bits per heavy atom. The van der Waals surface area contributed by atoms with Crippen molar-refractivity contribution in [1.29, 1.82) is 0 Å². The first-order valence-electron chi connectivity index (χ1n) is 6.66. The third-order valence-electron chi connectivity index (χ3n) is 3.35. The molecule has 20 heavy (non-hydrogen) atoms. The van der Waals surface area contributed by atoms with Crippen molar-refractivity contribution in [2.45, 2.75) is 32.4 Å². The Morgan fingerprint density at radius 2 is 2.35 bits per heavy atom. The van der Waals surface area contributed by atoms with E-state index in [0.717, 1.165) is 17.1 Å². The Balaban J connectivity index is 1.76. The summed E-state index contributed by atoms with van der Waals surface area (Å²) in [7, 11) is 0. The molecule has 3 heterocycles. The Morgan fingerprint density at radius 3 is 3.10 bits per heavy atom. The first-order chi connectivity index (χ1) is 9.67. The van der Waals surface area contributed by atoms with Gasteiger partial charge < -0.3 is 10.2 Å². The van der Waals surface area contributed by atoms with Gasteiger partial charge in [0.1, 0.15) is 12.6 Å². The van der Waals surface area contributed by atoms with E-state index in [0.29, 0.717) is 13.0 Å². The van der Waals surface area contributed by atoms with E-state index in [4.69, 9.17) is 0 Å². The van der Waals surface area contributed by atoms with Crippen molar-refractivity contribution in [3.8, 4) is 0 Å². The van der Waals surface area contributed by atoms with Gasteiger partial charge in [0.25, 0.3) is 0 Å². The molecule has 1 saturated heterocycles. The number of amides is 2. The molecule has 2 amide bonds. The van der Waals surface area contributed by atoms with Gasteiger partial charge in [-0.25, -0.2) is 4.98 Å². The molecule has 0 radical (unpaired) electrons. The number of imidazole rings is 1. The highest BCUT2D eigenvalue weighted by molar-refractivity contribution is 7.15. The highest BCUT2D eigenvalue weighted by Crippen LogP contribution is 2.15.